The summed E-state index contributed by atoms with van der Waals surface area (Å²) in [5, 5.41) is 0. The zero-order valence-corrected chi connectivity index (χ0v) is 9.30. The van der Waals surface area contributed by atoms with Gasteiger partial charge >= 0.3 is 0 Å². The molecular formula is C10H12BrFN2. The molecule has 0 saturated carbocycles. The summed E-state index contributed by atoms with van der Waals surface area (Å²) in [6.45, 7) is 2.58. The fourth-order valence-electron chi connectivity index (χ4n) is 1.64. The number of hydrogen-bond donors (Lipinski definition) is 1. The van der Waals surface area contributed by atoms with E-state index in [1.54, 1.807) is 12.1 Å². The van der Waals surface area contributed by atoms with E-state index >= 15 is 0 Å². The maximum atomic E-state index is 12.9. The molecule has 14 heavy (non-hydrogen) atoms. The Balaban J connectivity index is 2.05. The number of nitrogens with two attached hydrogens (primary N) is 1. The molecule has 1 fully saturated rings. The van der Waals surface area contributed by atoms with E-state index in [1.165, 1.54) is 6.07 Å². The van der Waals surface area contributed by atoms with E-state index in [1.807, 2.05) is 0 Å². The van der Waals surface area contributed by atoms with E-state index < -0.39 is 0 Å². The number of nitrogens with zero attached hydrogens (tertiary/aromatic N) is 1. The second-order valence-corrected chi connectivity index (χ2v) is 4.54. The topological polar surface area (TPSA) is 29.3 Å². The van der Waals surface area contributed by atoms with Gasteiger partial charge in [-0.05, 0) is 23.8 Å². The van der Waals surface area contributed by atoms with Gasteiger partial charge in [-0.2, -0.15) is 0 Å². The van der Waals surface area contributed by atoms with Crippen LogP contribution in [0.4, 0.5) is 4.39 Å². The van der Waals surface area contributed by atoms with Crippen molar-refractivity contribution in [3.63, 3.8) is 0 Å². The van der Waals surface area contributed by atoms with Gasteiger partial charge in [0.1, 0.15) is 5.82 Å². The first-order chi connectivity index (χ1) is 6.65. The van der Waals surface area contributed by atoms with Crippen LogP contribution in [0.5, 0.6) is 0 Å². The molecule has 1 saturated heterocycles. The molecule has 1 aliphatic heterocycles. The lowest BCUT2D eigenvalue weighted by Crippen LogP contribution is -2.54. The van der Waals surface area contributed by atoms with E-state index in [0.717, 1.165) is 29.7 Å². The molecule has 4 heteroatoms. The normalized spacial score (nSPS) is 18.2. The molecule has 0 spiro atoms. The van der Waals surface area contributed by atoms with Crippen LogP contribution in [0.1, 0.15) is 5.56 Å². The van der Waals surface area contributed by atoms with Crippen molar-refractivity contribution in [3.05, 3.63) is 34.1 Å². The highest BCUT2D eigenvalue weighted by atomic mass is 79.9. The van der Waals surface area contributed by atoms with Crippen LogP contribution in [0.3, 0.4) is 0 Å². The van der Waals surface area contributed by atoms with Crippen LogP contribution in [-0.4, -0.2) is 24.0 Å². The van der Waals surface area contributed by atoms with Crippen molar-refractivity contribution < 1.29 is 4.39 Å². The largest absolute Gasteiger partial charge is 0.325 e. The highest BCUT2D eigenvalue weighted by molar-refractivity contribution is 9.10. The van der Waals surface area contributed by atoms with Crippen LogP contribution in [0.25, 0.3) is 0 Å². The molecule has 1 aliphatic rings. The Kier molecular flexibility index (Phi) is 2.85. The van der Waals surface area contributed by atoms with Crippen molar-refractivity contribution in [2.45, 2.75) is 12.6 Å². The first kappa shape index (κ1) is 10.1. The summed E-state index contributed by atoms with van der Waals surface area (Å²) in [6, 6.07) is 5.05. The third-order valence-corrected chi connectivity index (χ3v) is 3.16. The Morgan fingerprint density at radius 1 is 1.50 bits per heavy atom. The Morgan fingerprint density at radius 3 is 2.86 bits per heavy atom. The molecule has 76 valence electrons. The van der Waals surface area contributed by atoms with Gasteiger partial charge < -0.3 is 5.73 Å². The average Bonchev–Trinajstić information content (AvgIpc) is 2.09. The summed E-state index contributed by atoms with van der Waals surface area (Å²) in [6.07, 6.45) is 0. The third kappa shape index (κ3) is 2.13. The van der Waals surface area contributed by atoms with Crippen LogP contribution in [0.2, 0.25) is 0 Å². The number of likely N-dealkylation sites (tertiary alicyclic amines) is 1. The number of benzene rings is 1. The Labute approximate surface area is 91.0 Å². The predicted molar refractivity (Wildman–Crippen MR) is 57.4 cm³/mol. The SMILES string of the molecule is NC1CN(Cc2cc(F)ccc2Br)C1. The fourth-order valence-corrected chi connectivity index (χ4v) is 2.02. The van der Waals surface area contributed by atoms with E-state index in [9.17, 15) is 4.39 Å². The van der Waals surface area contributed by atoms with Crippen LogP contribution in [-0.2, 0) is 6.54 Å². The van der Waals surface area contributed by atoms with Crippen LogP contribution >= 0.6 is 15.9 Å². The Hall–Kier alpha value is -0.450. The van der Waals surface area contributed by atoms with Crippen molar-refractivity contribution in [2.75, 3.05) is 13.1 Å². The molecule has 0 atom stereocenters. The van der Waals surface area contributed by atoms with E-state index in [0.29, 0.717) is 6.04 Å². The third-order valence-electron chi connectivity index (χ3n) is 2.39. The highest BCUT2D eigenvalue weighted by Crippen LogP contribution is 2.21. The van der Waals surface area contributed by atoms with Crippen molar-refractivity contribution in [2.24, 2.45) is 5.73 Å². The quantitative estimate of drug-likeness (QED) is 0.876. The zero-order chi connectivity index (χ0) is 10.1. The first-order valence-corrected chi connectivity index (χ1v) is 5.36. The standard InChI is InChI=1S/C10H12BrFN2/c11-10-2-1-8(12)3-7(10)4-14-5-9(13)6-14/h1-3,9H,4-6,13H2. The Morgan fingerprint density at radius 2 is 2.21 bits per heavy atom. The second kappa shape index (κ2) is 3.96. The smallest absolute Gasteiger partial charge is 0.123 e. The van der Waals surface area contributed by atoms with Gasteiger partial charge in [0.2, 0.25) is 0 Å². The van der Waals surface area contributed by atoms with Crippen molar-refractivity contribution in [1.29, 1.82) is 0 Å². The molecule has 2 rings (SSSR count). The summed E-state index contributed by atoms with van der Waals surface area (Å²) in [5.74, 6) is -0.187. The van der Waals surface area contributed by atoms with Crippen LogP contribution < -0.4 is 5.73 Å². The summed E-state index contributed by atoms with van der Waals surface area (Å²) >= 11 is 3.40. The van der Waals surface area contributed by atoms with Crippen molar-refractivity contribution >= 4 is 15.9 Å². The van der Waals surface area contributed by atoms with Gasteiger partial charge in [-0.1, -0.05) is 15.9 Å². The van der Waals surface area contributed by atoms with Gasteiger partial charge in [-0.25, -0.2) is 4.39 Å². The lowest BCUT2D eigenvalue weighted by molar-refractivity contribution is 0.142. The summed E-state index contributed by atoms with van der Waals surface area (Å²) in [4.78, 5) is 2.20. The van der Waals surface area contributed by atoms with Gasteiger partial charge in [0, 0.05) is 30.1 Å². The minimum atomic E-state index is -0.187. The molecule has 1 heterocycles. The maximum absolute atomic E-state index is 12.9. The molecule has 2 N–H and O–H groups in total. The molecule has 0 aliphatic carbocycles. The first-order valence-electron chi connectivity index (χ1n) is 4.57. The second-order valence-electron chi connectivity index (χ2n) is 3.69. The molecule has 0 bridgehead atoms. The molecule has 0 unspecified atom stereocenters. The van der Waals surface area contributed by atoms with Gasteiger partial charge in [0.25, 0.3) is 0 Å². The zero-order valence-electron chi connectivity index (χ0n) is 7.71. The molecule has 1 aromatic carbocycles. The highest BCUT2D eigenvalue weighted by Gasteiger charge is 2.23. The minimum absolute atomic E-state index is 0.187. The molecule has 1 aromatic rings. The molecular weight excluding hydrogens is 247 g/mol. The predicted octanol–water partition coefficient (Wildman–Crippen LogP) is 1.73. The van der Waals surface area contributed by atoms with Gasteiger partial charge in [0.15, 0.2) is 0 Å². The van der Waals surface area contributed by atoms with Crippen LogP contribution in [0.15, 0.2) is 22.7 Å². The summed E-state index contributed by atoms with van der Waals surface area (Å²) in [7, 11) is 0. The van der Waals surface area contributed by atoms with Gasteiger partial charge in [-0.15, -0.1) is 0 Å². The maximum Gasteiger partial charge on any atom is 0.123 e. The van der Waals surface area contributed by atoms with Crippen molar-refractivity contribution in [3.8, 4) is 0 Å². The van der Waals surface area contributed by atoms with Crippen LogP contribution in [0, 0.1) is 5.82 Å². The summed E-state index contributed by atoms with van der Waals surface area (Å²) in [5.41, 5.74) is 6.65. The lowest BCUT2D eigenvalue weighted by atomic mass is 10.1. The monoisotopic (exact) mass is 258 g/mol. The number of hydrogen-bond acceptors (Lipinski definition) is 2. The van der Waals surface area contributed by atoms with E-state index in [-0.39, 0.29) is 5.82 Å². The Bertz CT molecular complexity index is 337. The molecule has 2 nitrogen and oxygen atoms in total. The van der Waals surface area contributed by atoms with Gasteiger partial charge in [-0.3, -0.25) is 4.90 Å². The minimum Gasteiger partial charge on any atom is -0.325 e. The van der Waals surface area contributed by atoms with E-state index in [2.05, 4.69) is 20.8 Å². The van der Waals surface area contributed by atoms with E-state index in [4.69, 9.17) is 5.73 Å². The molecule has 0 aromatic heterocycles. The summed E-state index contributed by atoms with van der Waals surface area (Å²) < 4.78 is 13.9. The fraction of sp³-hybridized carbons (Fsp3) is 0.400. The number of rotatable bonds is 2. The lowest BCUT2D eigenvalue weighted by Gasteiger charge is -2.37. The molecule has 0 amide bonds. The molecule has 0 radical (unpaired) electrons. The van der Waals surface area contributed by atoms with Gasteiger partial charge in [0.05, 0.1) is 0 Å². The average molecular weight is 259 g/mol. The van der Waals surface area contributed by atoms with Crippen molar-refractivity contribution in [1.82, 2.24) is 4.90 Å². The number of halogens is 2.